The lowest BCUT2D eigenvalue weighted by Gasteiger charge is -2.18. The standard InChI is InChI=1S/C24H21Cl2NO3/c1-24(2)13-17-5-3-8-20(22(17)30-24)29-14-15-9-11-16(12-10-15)23(28)27-19-7-4-6-18(25)21(19)26/h3-12H,13-14H2,1-2H3,(H,27,28). The average Bonchev–Trinajstić information content (AvgIpc) is 3.04. The summed E-state index contributed by atoms with van der Waals surface area (Å²) in [5.74, 6) is 1.29. The van der Waals surface area contributed by atoms with Crippen LogP contribution in [0.5, 0.6) is 11.5 Å². The number of nitrogens with one attached hydrogen (secondary N) is 1. The highest BCUT2D eigenvalue weighted by Crippen LogP contribution is 2.42. The van der Waals surface area contributed by atoms with Crippen molar-refractivity contribution < 1.29 is 14.3 Å². The lowest BCUT2D eigenvalue weighted by Crippen LogP contribution is -2.24. The van der Waals surface area contributed by atoms with Crippen molar-refractivity contribution in [3.8, 4) is 11.5 Å². The molecule has 1 heterocycles. The Morgan fingerprint density at radius 3 is 2.57 bits per heavy atom. The van der Waals surface area contributed by atoms with Crippen LogP contribution in [0.1, 0.15) is 35.3 Å². The van der Waals surface area contributed by atoms with Crippen molar-refractivity contribution in [2.75, 3.05) is 5.32 Å². The number of hydrogen-bond donors (Lipinski definition) is 1. The maximum atomic E-state index is 12.5. The van der Waals surface area contributed by atoms with Gasteiger partial charge in [0, 0.05) is 17.5 Å². The van der Waals surface area contributed by atoms with Crippen LogP contribution in [0.25, 0.3) is 0 Å². The number of amides is 1. The summed E-state index contributed by atoms with van der Waals surface area (Å²) in [6.07, 6.45) is 0.861. The van der Waals surface area contributed by atoms with Crippen LogP contribution in [0.4, 0.5) is 5.69 Å². The van der Waals surface area contributed by atoms with Gasteiger partial charge in [-0.3, -0.25) is 4.79 Å². The van der Waals surface area contributed by atoms with Crippen molar-refractivity contribution in [1.82, 2.24) is 0 Å². The van der Waals surface area contributed by atoms with E-state index in [9.17, 15) is 4.79 Å². The minimum Gasteiger partial charge on any atom is -0.485 e. The van der Waals surface area contributed by atoms with Gasteiger partial charge in [-0.2, -0.15) is 0 Å². The van der Waals surface area contributed by atoms with E-state index in [4.69, 9.17) is 32.7 Å². The second kappa shape index (κ2) is 8.21. The molecule has 0 bridgehead atoms. The Morgan fingerprint density at radius 1 is 1.07 bits per heavy atom. The number of fused-ring (bicyclic) bond motifs is 1. The quantitative estimate of drug-likeness (QED) is 0.488. The molecule has 0 spiro atoms. The second-order valence-corrected chi connectivity index (χ2v) is 8.61. The number of benzene rings is 3. The van der Waals surface area contributed by atoms with Gasteiger partial charge in [-0.25, -0.2) is 0 Å². The zero-order valence-electron chi connectivity index (χ0n) is 16.7. The van der Waals surface area contributed by atoms with Gasteiger partial charge in [0.1, 0.15) is 12.2 Å². The Kier molecular flexibility index (Phi) is 5.63. The van der Waals surface area contributed by atoms with E-state index in [1.54, 1.807) is 30.3 Å². The number of carbonyl (C=O) groups excluding carboxylic acids is 1. The van der Waals surface area contributed by atoms with E-state index < -0.39 is 0 Å². The summed E-state index contributed by atoms with van der Waals surface area (Å²) in [6.45, 7) is 4.51. The van der Waals surface area contributed by atoms with Gasteiger partial charge in [-0.05, 0) is 49.7 Å². The molecule has 1 aliphatic rings. The summed E-state index contributed by atoms with van der Waals surface area (Å²) < 4.78 is 12.0. The summed E-state index contributed by atoms with van der Waals surface area (Å²) >= 11 is 12.1. The smallest absolute Gasteiger partial charge is 0.255 e. The Labute approximate surface area is 185 Å². The summed E-state index contributed by atoms with van der Waals surface area (Å²) in [5.41, 5.74) is 2.87. The molecule has 4 nitrogen and oxygen atoms in total. The molecule has 1 amide bonds. The molecule has 0 aliphatic carbocycles. The van der Waals surface area contributed by atoms with Gasteiger partial charge in [0.15, 0.2) is 11.5 Å². The number of para-hydroxylation sites is 1. The van der Waals surface area contributed by atoms with Crippen LogP contribution in [0.15, 0.2) is 60.7 Å². The third-order valence-electron chi connectivity index (χ3n) is 4.87. The topological polar surface area (TPSA) is 47.6 Å². The van der Waals surface area contributed by atoms with Gasteiger partial charge < -0.3 is 14.8 Å². The molecular weight excluding hydrogens is 421 g/mol. The molecule has 0 fully saturated rings. The zero-order valence-corrected chi connectivity index (χ0v) is 18.2. The fraction of sp³-hybridized carbons (Fsp3) is 0.208. The summed E-state index contributed by atoms with van der Waals surface area (Å²) in [7, 11) is 0. The number of rotatable bonds is 5. The minimum atomic E-state index is -0.261. The first kappa shape index (κ1) is 20.6. The van der Waals surface area contributed by atoms with Gasteiger partial charge in [0.05, 0.1) is 15.7 Å². The van der Waals surface area contributed by atoms with Gasteiger partial charge in [0.2, 0.25) is 0 Å². The van der Waals surface area contributed by atoms with Gasteiger partial charge >= 0.3 is 0 Å². The summed E-state index contributed by atoms with van der Waals surface area (Å²) in [6, 6.07) is 18.3. The number of carbonyl (C=O) groups is 1. The molecule has 3 aromatic rings. The monoisotopic (exact) mass is 441 g/mol. The van der Waals surface area contributed by atoms with Crippen molar-refractivity contribution in [1.29, 1.82) is 0 Å². The minimum absolute atomic E-state index is 0.220. The fourth-order valence-corrected chi connectivity index (χ4v) is 3.76. The van der Waals surface area contributed by atoms with Crippen LogP contribution >= 0.6 is 23.2 Å². The molecule has 6 heteroatoms. The molecule has 4 rings (SSSR count). The lowest BCUT2D eigenvalue weighted by molar-refractivity contribution is 0.102. The van der Waals surface area contributed by atoms with E-state index in [0.717, 1.165) is 29.0 Å². The van der Waals surface area contributed by atoms with E-state index in [1.807, 2.05) is 24.3 Å². The highest BCUT2D eigenvalue weighted by molar-refractivity contribution is 6.44. The molecule has 1 aliphatic heterocycles. The first-order valence-corrected chi connectivity index (χ1v) is 10.4. The molecule has 1 N–H and O–H groups in total. The van der Waals surface area contributed by atoms with Crippen molar-refractivity contribution in [3.05, 3.63) is 87.4 Å². The molecule has 0 unspecified atom stereocenters. The van der Waals surface area contributed by atoms with Crippen LogP contribution in [0, 0.1) is 0 Å². The molecule has 154 valence electrons. The molecule has 0 aromatic heterocycles. The molecule has 0 saturated carbocycles. The van der Waals surface area contributed by atoms with Crippen LogP contribution < -0.4 is 14.8 Å². The first-order valence-electron chi connectivity index (χ1n) is 9.60. The van der Waals surface area contributed by atoms with E-state index in [1.165, 1.54) is 0 Å². The summed E-state index contributed by atoms with van der Waals surface area (Å²) in [4.78, 5) is 12.5. The third-order valence-corrected chi connectivity index (χ3v) is 5.68. The van der Waals surface area contributed by atoms with Crippen molar-refractivity contribution in [3.63, 3.8) is 0 Å². The molecular formula is C24H21Cl2NO3. The Balaban J connectivity index is 1.41. The number of halogens is 2. The normalized spacial score (nSPS) is 14.0. The number of ether oxygens (including phenoxy) is 2. The number of anilines is 1. The highest BCUT2D eigenvalue weighted by Gasteiger charge is 2.32. The molecule has 0 saturated heterocycles. The average molecular weight is 442 g/mol. The van der Waals surface area contributed by atoms with Gasteiger partial charge in [-0.1, -0.05) is 53.5 Å². The van der Waals surface area contributed by atoms with Crippen molar-refractivity contribution in [2.24, 2.45) is 0 Å². The Morgan fingerprint density at radius 2 is 1.80 bits per heavy atom. The summed E-state index contributed by atoms with van der Waals surface area (Å²) in [5, 5.41) is 3.49. The lowest BCUT2D eigenvalue weighted by atomic mass is 10.0. The van der Waals surface area contributed by atoms with E-state index in [2.05, 4.69) is 25.2 Å². The predicted molar refractivity (Wildman–Crippen MR) is 120 cm³/mol. The van der Waals surface area contributed by atoms with Gasteiger partial charge in [0.25, 0.3) is 5.91 Å². The third kappa shape index (κ3) is 4.40. The number of hydrogen-bond acceptors (Lipinski definition) is 3. The Hall–Kier alpha value is -2.69. The maximum absolute atomic E-state index is 12.5. The molecule has 0 atom stereocenters. The molecule has 30 heavy (non-hydrogen) atoms. The van der Waals surface area contributed by atoms with E-state index in [0.29, 0.717) is 27.9 Å². The maximum Gasteiger partial charge on any atom is 0.255 e. The fourth-order valence-electron chi connectivity index (χ4n) is 3.41. The Bertz CT molecular complexity index is 1090. The largest absolute Gasteiger partial charge is 0.485 e. The first-order chi connectivity index (χ1) is 14.3. The van der Waals surface area contributed by atoms with E-state index >= 15 is 0 Å². The van der Waals surface area contributed by atoms with Gasteiger partial charge in [-0.15, -0.1) is 0 Å². The van der Waals surface area contributed by atoms with Crippen molar-refractivity contribution in [2.45, 2.75) is 32.5 Å². The molecule has 0 radical (unpaired) electrons. The second-order valence-electron chi connectivity index (χ2n) is 7.82. The van der Waals surface area contributed by atoms with Crippen LogP contribution in [0.2, 0.25) is 10.0 Å². The SMILES string of the molecule is CC1(C)Cc2cccc(OCc3ccc(C(=O)Nc4cccc(Cl)c4Cl)cc3)c2O1. The van der Waals surface area contributed by atoms with Crippen molar-refractivity contribution >= 4 is 34.8 Å². The molecule has 3 aromatic carbocycles. The predicted octanol–water partition coefficient (Wildman–Crippen LogP) is 6.54. The van der Waals surface area contributed by atoms with Crippen LogP contribution in [0.3, 0.4) is 0 Å². The highest BCUT2D eigenvalue weighted by atomic mass is 35.5. The van der Waals surface area contributed by atoms with Crippen LogP contribution in [-0.4, -0.2) is 11.5 Å². The zero-order chi connectivity index (χ0) is 21.3. The van der Waals surface area contributed by atoms with E-state index in [-0.39, 0.29) is 11.5 Å². The van der Waals surface area contributed by atoms with Crippen LogP contribution in [-0.2, 0) is 13.0 Å².